The molecule has 3 saturated heterocycles. The zero-order chi connectivity index (χ0) is 11.6. The van der Waals surface area contributed by atoms with E-state index in [-0.39, 0.29) is 21.6 Å². The Morgan fingerprint density at radius 1 is 1.56 bits per heavy atom. The summed E-state index contributed by atoms with van der Waals surface area (Å²) in [4.78, 5) is 11.8. The van der Waals surface area contributed by atoms with Crippen molar-refractivity contribution in [1.82, 2.24) is 0 Å². The summed E-state index contributed by atoms with van der Waals surface area (Å²) in [7, 11) is 0. The zero-order valence-corrected chi connectivity index (χ0v) is 11.3. The Bertz CT molecular complexity index is 347. The molecule has 16 heavy (non-hydrogen) atoms. The lowest BCUT2D eigenvalue weighted by Gasteiger charge is -2.50. The second-order valence-corrected chi connectivity index (χ2v) is 6.82. The molecule has 0 amide bonds. The minimum absolute atomic E-state index is 0.169. The third-order valence-electron chi connectivity index (χ3n) is 4.11. The molecule has 0 aromatic carbocycles. The van der Waals surface area contributed by atoms with E-state index in [1.807, 2.05) is 6.92 Å². The molecule has 3 heterocycles. The molecule has 0 saturated carbocycles. The van der Waals surface area contributed by atoms with Crippen LogP contribution >= 0.6 is 22.6 Å². The van der Waals surface area contributed by atoms with Gasteiger partial charge in [-0.3, -0.25) is 4.79 Å². The first kappa shape index (κ1) is 11.2. The van der Waals surface area contributed by atoms with Gasteiger partial charge in [0.05, 0.1) is 5.60 Å². The van der Waals surface area contributed by atoms with Crippen molar-refractivity contribution < 1.29 is 19.4 Å². The van der Waals surface area contributed by atoms with E-state index in [1.165, 1.54) is 0 Å². The quantitative estimate of drug-likeness (QED) is 0.412. The van der Waals surface area contributed by atoms with Gasteiger partial charge in [-0.1, -0.05) is 22.6 Å². The first-order valence-corrected chi connectivity index (χ1v) is 6.95. The van der Waals surface area contributed by atoms with Crippen LogP contribution < -0.4 is 0 Å². The Kier molecular flexibility index (Phi) is 2.33. The molecule has 0 aromatic heterocycles. The normalized spacial score (nSPS) is 55.7. The third-order valence-corrected chi connectivity index (χ3v) is 5.94. The molecular formula is C11H15IO4. The molecule has 90 valence electrons. The molecule has 3 rings (SSSR count). The van der Waals surface area contributed by atoms with Gasteiger partial charge in [-0.25, -0.2) is 0 Å². The number of carbonyl (C=O) groups excluding carboxylic acids is 1. The van der Waals surface area contributed by atoms with Gasteiger partial charge >= 0.3 is 5.97 Å². The van der Waals surface area contributed by atoms with Gasteiger partial charge < -0.3 is 14.6 Å². The summed E-state index contributed by atoms with van der Waals surface area (Å²) in [5.41, 5.74) is -0.325. The van der Waals surface area contributed by atoms with Gasteiger partial charge in [-0.05, 0) is 26.2 Å². The van der Waals surface area contributed by atoms with Gasteiger partial charge in [0, 0.05) is 10.3 Å². The summed E-state index contributed by atoms with van der Waals surface area (Å²) in [6.07, 6.45) is 2.54. The Morgan fingerprint density at radius 2 is 2.31 bits per heavy atom. The Hall–Kier alpha value is 0.120. The number of halogens is 1. The van der Waals surface area contributed by atoms with Crippen molar-refractivity contribution in [3.63, 3.8) is 0 Å². The van der Waals surface area contributed by atoms with Gasteiger partial charge in [-0.2, -0.15) is 0 Å². The largest absolute Gasteiger partial charge is 0.462 e. The zero-order valence-electron chi connectivity index (χ0n) is 9.11. The van der Waals surface area contributed by atoms with Crippen LogP contribution in [0.4, 0.5) is 0 Å². The lowest BCUT2D eigenvalue weighted by Crippen LogP contribution is -2.61. The van der Waals surface area contributed by atoms with Crippen molar-refractivity contribution in [3.05, 3.63) is 0 Å². The number of carbonyl (C=O) groups is 1. The topological polar surface area (TPSA) is 55.8 Å². The van der Waals surface area contributed by atoms with E-state index >= 15 is 0 Å². The van der Waals surface area contributed by atoms with Crippen molar-refractivity contribution in [2.75, 3.05) is 0 Å². The molecule has 4 nitrogen and oxygen atoms in total. The average molecular weight is 338 g/mol. The average Bonchev–Trinajstić information content (AvgIpc) is 2.24. The lowest BCUT2D eigenvalue weighted by atomic mass is 9.82. The first-order valence-electron chi connectivity index (χ1n) is 5.70. The number of rotatable bonds is 0. The maximum Gasteiger partial charge on any atom is 0.314 e. The molecule has 3 aliphatic heterocycles. The number of hydrogen-bond donors (Lipinski definition) is 1. The molecule has 0 radical (unpaired) electrons. The van der Waals surface area contributed by atoms with Crippen LogP contribution in [-0.2, 0) is 14.3 Å². The molecule has 0 aromatic rings. The minimum Gasteiger partial charge on any atom is -0.462 e. The lowest BCUT2D eigenvalue weighted by molar-refractivity contribution is -0.318. The van der Waals surface area contributed by atoms with Gasteiger partial charge in [0.15, 0.2) is 5.79 Å². The standard InChI is InChI=1S/C11H15IO4/c1-10-3-2-6-5-11(14,16-10)7(4-8(10)12)9(13)15-6/h6-8,14H,2-5H2,1H3/t6?,7-,8-,10-,11+/m0/s1. The fourth-order valence-corrected chi connectivity index (χ4v) is 4.02. The summed E-state index contributed by atoms with van der Waals surface area (Å²) < 4.78 is 11.5. The molecule has 3 fully saturated rings. The Balaban J connectivity index is 2.05. The van der Waals surface area contributed by atoms with Crippen LogP contribution in [0.25, 0.3) is 0 Å². The van der Waals surface area contributed by atoms with Crippen LogP contribution in [0.1, 0.15) is 32.6 Å². The number of fused-ring (bicyclic) bond motifs is 2. The summed E-state index contributed by atoms with van der Waals surface area (Å²) in [6, 6.07) is 0. The van der Waals surface area contributed by atoms with Gasteiger partial charge in [0.1, 0.15) is 12.0 Å². The highest BCUT2D eigenvalue weighted by Crippen LogP contribution is 2.51. The van der Waals surface area contributed by atoms with Gasteiger partial charge in [0.25, 0.3) is 0 Å². The van der Waals surface area contributed by atoms with Crippen molar-refractivity contribution in [2.24, 2.45) is 5.92 Å². The van der Waals surface area contributed by atoms with Crippen LogP contribution in [0.2, 0.25) is 0 Å². The van der Waals surface area contributed by atoms with Crippen LogP contribution in [0.3, 0.4) is 0 Å². The smallest absolute Gasteiger partial charge is 0.314 e. The van der Waals surface area contributed by atoms with Crippen LogP contribution in [0.15, 0.2) is 0 Å². The van der Waals surface area contributed by atoms with E-state index in [1.54, 1.807) is 0 Å². The van der Waals surface area contributed by atoms with E-state index in [0.29, 0.717) is 12.8 Å². The SMILES string of the molecule is C[C@@]12CCC3C[C@@](O)(O1)[C@@H](C[C@@H]2I)C(=O)O3. The summed E-state index contributed by atoms with van der Waals surface area (Å²) in [5.74, 6) is -2.08. The molecule has 5 atom stereocenters. The van der Waals surface area contributed by atoms with Gasteiger partial charge in [0.2, 0.25) is 0 Å². The van der Waals surface area contributed by atoms with Crippen molar-refractivity contribution in [3.8, 4) is 0 Å². The molecule has 3 bridgehead atoms. The van der Waals surface area contributed by atoms with Gasteiger partial charge in [-0.15, -0.1) is 0 Å². The second-order valence-electron chi connectivity index (χ2n) is 5.32. The van der Waals surface area contributed by atoms with E-state index in [0.717, 1.165) is 12.8 Å². The number of esters is 1. The number of hydrogen-bond acceptors (Lipinski definition) is 4. The van der Waals surface area contributed by atoms with Crippen molar-refractivity contribution >= 4 is 28.6 Å². The third kappa shape index (κ3) is 1.44. The van der Waals surface area contributed by atoms with Crippen molar-refractivity contribution in [2.45, 2.75) is 54.0 Å². The summed E-state index contributed by atoms with van der Waals surface area (Å²) in [5, 5.41) is 10.5. The summed E-state index contributed by atoms with van der Waals surface area (Å²) >= 11 is 2.33. The highest BCUT2D eigenvalue weighted by Gasteiger charge is 2.61. The molecule has 1 N–H and O–H groups in total. The fraction of sp³-hybridized carbons (Fsp3) is 0.909. The first-order chi connectivity index (χ1) is 7.43. The monoisotopic (exact) mass is 338 g/mol. The predicted molar refractivity (Wildman–Crippen MR) is 64.1 cm³/mol. The second kappa shape index (κ2) is 3.32. The number of aliphatic hydroxyl groups is 1. The summed E-state index contributed by atoms with van der Waals surface area (Å²) in [6.45, 7) is 2.03. The molecule has 0 aliphatic carbocycles. The highest BCUT2D eigenvalue weighted by atomic mass is 127. The van der Waals surface area contributed by atoms with E-state index in [9.17, 15) is 9.90 Å². The predicted octanol–water partition coefficient (Wildman–Crippen LogP) is 1.38. The van der Waals surface area contributed by atoms with Crippen LogP contribution in [-0.4, -0.2) is 32.5 Å². The maximum absolute atomic E-state index is 11.8. The molecular weight excluding hydrogens is 323 g/mol. The fourth-order valence-electron chi connectivity index (χ4n) is 3.07. The molecule has 1 unspecified atom stereocenters. The molecule has 0 spiro atoms. The maximum atomic E-state index is 11.8. The van der Waals surface area contributed by atoms with E-state index in [2.05, 4.69) is 22.6 Å². The highest BCUT2D eigenvalue weighted by molar-refractivity contribution is 14.1. The minimum atomic E-state index is -1.28. The van der Waals surface area contributed by atoms with E-state index < -0.39 is 11.7 Å². The van der Waals surface area contributed by atoms with E-state index in [4.69, 9.17) is 9.47 Å². The Morgan fingerprint density at radius 3 is 3.06 bits per heavy atom. The number of alkyl halides is 1. The van der Waals surface area contributed by atoms with Crippen LogP contribution in [0.5, 0.6) is 0 Å². The van der Waals surface area contributed by atoms with Crippen LogP contribution in [0, 0.1) is 5.92 Å². The molecule has 5 heteroatoms. The number of ether oxygens (including phenoxy) is 2. The molecule has 3 aliphatic rings. The van der Waals surface area contributed by atoms with Crippen molar-refractivity contribution in [1.29, 1.82) is 0 Å². The Labute approximate surface area is 108 Å².